The summed E-state index contributed by atoms with van der Waals surface area (Å²) in [4.78, 5) is 12.0. The first kappa shape index (κ1) is 13.6. The molecule has 1 aromatic rings. The Morgan fingerprint density at radius 2 is 2.11 bits per heavy atom. The van der Waals surface area contributed by atoms with Gasteiger partial charge < -0.3 is 10.1 Å². The van der Waals surface area contributed by atoms with E-state index < -0.39 is 9.34 Å². The van der Waals surface area contributed by atoms with Crippen LogP contribution in [0.15, 0.2) is 30.3 Å². The second-order valence-corrected chi connectivity index (χ2v) is 8.28. The third-order valence-corrected chi connectivity index (χ3v) is 4.90. The third kappa shape index (κ3) is 2.36. The highest BCUT2D eigenvalue weighted by molar-refractivity contribution is 9.25. The van der Waals surface area contributed by atoms with Crippen LogP contribution in [0.25, 0.3) is 0 Å². The van der Waals surface area contributed by atoms with Gasteiger partial charge in [-0.1, -0.05) is 62.2 Å². The molecule has 2 aliphatic rings. The number of piperidine rings is 1. The molecule has 5 heteroatoms. The van der Waals surface area contributed by atoms with Gasteiger partial charge >= 0.3 is 5.97 Å². The molecule has 1 N–H and O–H groups in total. The van der Waals surface area contributed by atoms with Gasteiger partial charge in [-0.05, 0) is 12.0 Å². The Morgan fingerprint density at radius 3 is 2.63 bits per heavy atom. The molecule has 1 saturated carbocycles. The average molecular weight is 389 g/mol. The number of carbonyl (C=O) groups excluding carboxylic acids is 1. The highest BCUT2D eigenvalue weighted by atomic mass is 79.9. The third-order valence-electron chi connectivity index (χ3n) is 4.15. The smallest absolute Gasteiger partial charge is 0.331 e. The first-order valence-electron chi connectivity index (χ1n) is 6.42. The first-order chi connectivity index (χ1) is 9.12. The summed E-state index contributed by atoms with van der Waals surface area (Å²) >= 11 is 6.45. The van der Waals surface area contributed by atoms with Gasteiger partial charge in [-0.25, -0.2) is 4.79 Å². The zero-order valence-electron chi connectivity index (χ0n) is 10.3. The van der Waals surface area contributed by atoms with E-state index in [2.05, 4.69) is 49.3 Å². The number of hydrogen-bond acceptors (Lipinski definition) is 3. The summed E-state index contributed by atoms with van der Waals surface area (Å²) in [5, 5.41) is 3.47. The van der Waals surface area contributed by atoms with Crippen molar-refractivity contribution in [3.05, 3.63) is 35.9 Å². The van der Waals surface area contributed by atoms with E-state index in [0.717, 1.165) is 24.9 Å². The Hall–Kier alpha value is -0.390. The molecule has 1 aromatic carbocycles. The van der Waals surface area contributed by atoms with Crippen LogP contribution in [0.5, 0.6) is 0 Å². The molecular formula is C14H15Br2NO2. The topological polar surface area (TPSA) is 38.3 Å². The van der Waals surface area contributed by atoms with E-state index in [9.17, 15) is 4.79 Å². The fourth-order valence-corrected chi connectivity index (χ4v) is 3.53. The molecule has 3 unspecified atom stereocenters. The van der Waals surface area contributed by atoms with Crippen molar-refractivity contribution >= 4 is 37.8 Å². The summed E-state index contributed by atoms with van der Waals surface area (Å²) in [6.07, 6.45) is 1.94. The Kier molecular flexibility index (Phi) is 3.71. The highest BCUT2D eigenvalue weighted by Crippen LogP contribution is 2.50. The van der Waals surface area contributed by atoms with E-state index in [1.807, 2.05) is 18.2 Å². The maximum atomic E-state index is 12.0. The zero-order valence-corrected chi connectivity index (χ0v) is 13.5. The second-order valence-electron chi connectivity index (χ2n) is 5.22. The number of carbonyl (C=O) groups is 1. The quantitative estimate of drug-likeness (QED) is 0.639. The van der Waals surface area contributed by atoms with Gasteiger partial charge in [-0.3, -0.25) is 0 Å². The summed E-state index contributed by atoms with van der Waals surface area (Å²) in [6.45, 7) is 0.919. The molecule has 1 heterocycles. The van der Waals surface area contributed by atoms with Crippen LogP contribution >= 0.6 is 31.9 Å². The molecule has 0 spiro atoms. The van der Waals surface area contributed by atoms with Crippen LogP contribution in [-0.4, -0.2) is 22.3 Å². The second kappa shape index (κ2) is 5.19. The molecular weight excluding hydrogens is 374 g/mol. The molecule has 1 saturated heterocycles. The maximum absolute atomic E-state index is 12.0. The molecule has 2 fully saturated rings. The van der Waals surface area contributed by atoms with E-state index in [-0.39, 0.29) is 5.97 Å². The lowest BCUT2D eigenvalue weighted by Gasteiger charge is -2.38. The Bertz CT molecular complexity index is 480. The van der Waals surface area contributed by atoms with Crippen LogP contribution in [0.4, 0.5) is 0 Å². The highest BCUT2D eigenvalue weighted by Gasteiger charge is 2.55. The SMILES string of the molecule is O=C(OC1(c2ccccc2)CC2CC1CN2)C(Br)Br. The summed E-state index contributed by atoms with van der Waals surface area (Å²) in [5.74, 6) is 0.110. The molecule has 2 bridgehead atoms. The van der Waals surface area contributed by atoms with Crippen molar-refractivity contribution < 1.29 is 9.53 Å². The fraction of sp³-hybridized carbons (Fsp3) is 0.500. The van der Waals surface area contributed by atoms with Gasteiger partial charge in [0.05, 0.1) is 0 Å². The lowest BCUT2D eigenvalue weighted by Crippen LogP contribution is -2.45. The van der Waals surface area contributed by atoms with Gasteiger partial charge in [0, 0.05) is 24.9 Å². The van der Waals surface area contributed by atoms with Crippen LogP contribution in [0, 0.1) is 5.92 Å². The van der Waals surface area contributed by atoms with Crippen molar-refractivity contribution in [2.45, 2.75) is 28.2 Å². The molecule has 0 aromatic heterocycles. The van der Waals surface area contributed by atoms with Gasteiger partial charge in [0.2, 0.25) is 0 Å². The minimum absolute atomic E-state index is 0.253. The van der Waals surface area contributed by atoms with E-state index in [1.165, 1.54) is 0 Å². The summed E-state index contributed by atoms with van der Waals surface area (Å²) < 4.78 is 5.46. The predicted octanol–water partition coefficient (Wildman–Crippen LogP) is 2.92. The molecule has 3 nitrogen and oxygen atoms in total. The lowest BCUT2D eigenvalue weighted by molar-refractivity contribution is -0.164. The molecule has 0 radical (unpaired) electrons. The monoisotopic (exact) mass is 387 g/mol. The average Bonchev–Trinajstić information content (AvgIpc) is 3.00. The van der Waals surface area contributed by atoms with Crippen LogP contribution in [0.1, 0.15) is 18.4 Å². The Labute approximate surface area is 129 Å². The van der Waals surface area contributed by atoms with E-state index >= 15 is 0 Å². The number of rotatable bonds is 3. The molecule has 1 aliphatic heterocycles. The van der Waals surface area contributed by atoms with Gasteiger partial charge in [-0.15, -0.1) is 0 Å². The van der Waals surface area contributed by atoms with Crippen LogP contribution in [0.3, 0.4) is 0 Å². The minimum Gasteiger partial charge on any atom is -0.452 e. The number of esters is 1. The van der Waals surface area contributed by atoms with Crippen LogP contribution in [0.2, 0.25) is 0 Å². The van der Waals surface area contributed by atoms with E-state index in [1.54, 1.807) is 0 Å². The van der Waals surface area contributed by atoms with E-state index in [0.29, 0.717) is 12.0 Å². The Balaban J connectivity index is 1.95. The standard InChI is InChI=1S/C14H15Br2NO2/c15-12(16)13(18)19-14(9-4-2-1-3-5-9)7-11-6-10(14)8-17-11/h1-5,10-12,17H,6-8H2. The number of fused-ring (bicyclic) bond motifs is 2. The van der Waals surface area contributed by atoms with Crippen molar-refractivity contribution in [1.29, 1.82) is 0 Å². The van der Waals surface area contributed by atoms with Gasteiger partial charge in [-0.2, -0.15) is 0 Å². The number of alkyl halides is 2. The van der Waals surface area contributed by atoms with Crippen molar-refractivity contribution in [1.82, 2.24) is 5.32 Å². The van der Waals surface area contributed by atoms with Crippen LogP contribution in [-0.2, 0) is 15.1 Å². The molecule has 1 aliphatic carbocycles. The minimum atomic E-state index is -0.464. The van der Waals surface area contributed by atoms with Gasteiger partial charge in [0.15, 0.2) is 3.74 Å². The number of hydrogen-bond donors (Lipinski definition) is 1. The number of benzene rings is 1. The van der Waals surface area contributed by atoms with Crippen LogP contribution < -0.4 is 5.32 Å². The normalized spacial score (nSPS) is 32.8. The molecule has 3 rings (SSSR count). The summed E-state index contributed by atoms with van der Waals surface area (Å²) in [5.41, 5.74) is 0.645. The van der Waals surface area contributed by atoms with Crippen molar-refractivity contribution in [2.24, 2.45) is 5.92 Å². The fourth-order valence-electron chi connectivity index (χ4n) is 3.34. The number of ether oxygens (including phenoxy) is 1. The van der Waals surface area contributed by atoms with E-state index in [4.69, 9.17) is 4.74 Å². The summed E-state index contributed by atoms with van der Waals surface area (Å²) in [6, 6.07) is 10.6. The lowest BCUT2D eigenvalue weighted by atomic mass is 9.82. The van der Waals surface area contributed by atoms with Gasteiger partial charge in [0.25, 0.3) is 0 Å². The molecule has 0 amide bonds. The largest absolute Gasteiger partial charge is 0.452 e. The number of nitrogens with one attached hydrogen (secondary N) is 1. The summed E-state index contributed by atoms with van der Waals surface area (Å²) in [7, 11) is 0. The molecule has 102 valence electrons. The van der Waals surface area contributed by atoms with Gasteiger partial charge in [0.1, 0.15) is 5.60 Å². The first-order valence-corrected chi connectivity index (χ1v) is 8.25. The zero-order chi connectivity index (χ0) is 13.5. The maximum Gasteiger partial charge on any atom is 0.331 e. The van der Waals surface area contributed by atoms with Crippen molar-refractivity contribution in [3.63, 3.8) is 0 Å². The molecule has 3 atom stereocenters. The number of halogens is 2. The molecule has 19 heavy (non-hydrogen) atoms. The van der Waals surface area contributed by atoms with Crippen molar-refractivity contribution in [2.75, 3.05) is 6.54 Å². The Morgan fingerprint density at radius 1 is 1.37 bits per heavy atom. The van der Waals surface area contributed by atoms with Crippen molar-refractivity contribution in [3.8, 4) is 0 Å². The predicted molar refractivity (Wildman–Crippen MR) is 80.4 cm³/mol.